The van der Waals surface area contributed by atoms with Crippen LogP contribution in [-0.4, -0.2) is 18.1 Å². The maximum atomic E-state index is 5.60. The molecule has 0 bridgehead atoms. The SMILES string of the molecule is c1csc(-c2csc(-c3ccc4c(c3)NCCO4)n2)c1. The molecule has 3 heterocycles. The summed E-state index contributed by atoms with van der Waals surface area (Å²) in [5.74, 6) is 0.926. The van der Waals surface area contributed by atoms with Crippen molar-refractivity contribution < 1.29 is 4.74 Å². The maximum absolute atomic E-state index is 5.60. The standard InChI is InChI=1S/C15H12N2OS2/c1-2-14(19-7-1)12-9-20-15(17-12)10-3-4-13-11(8-10)16-5-6-18-13/h1-4,7-9,16H,5-6H2. The fourth-order valence-corrected chi connectivity index (χ4v) is 3.80. The van der Waals surface area contributed by atoms with Gasteiger partial charge in [0.1, 0.15) is 17.4 Å². The number of hydrogen-bond donors (Lipinski definition) is 1. The van der Waals surface area contributed by atoms with Crippen LogP contribution in [0.2, 0.25) is 0 Å². The van der Waals surface area contributed by atoms with E-state index in [0.29, 0.717) is 0 Å². The fourth-order valence-electron chi connectivity index (χ4n) is 2.22. The number of nitrogens with zero attached hydrogens (tertiary/aromatic N) is 1. The Hall–Kier alpha value is -1.85. The van der Waals surface area contributed by atoms with Gasteiger partial charge in [0.15, 0.2) is 0 Å². The molecule has 3 nitrogen and oxygen atoms in total. The highest BCUT2D eigenvalue weighted by Gasteiger charge is 2.13. The van der Waals surface area contributed by atoms with E-state index in [1.807, 2.05) is 6.07 Å². The van der Waals surface area contributed by atoms with Crippen LogP contribution in [0.25, 0.3) is 21.1 Å². The molecule has 2 aromatic heterocycles. The van der Waals surface area contributed by atoms with Gasteiger partial charge in [-0.1, -0.05) is 6.07 Å². The average Bonchev–Trinajstić information content (AvgIpc) is 3.17. The third-order valence-corrected chi connectivity index (χ3v) is 4.96. The first kappa shape index (κ1) is 11.9. The molecule has 1 N–H and O–H groups in total. The zero-order chi connectivity index (χ0) is 13.4. The molecule has 20 heavy (non-hydrogen) atoms. The molecular formula is C15H12N2OS2. The molecule has 0 atom stereocenters. The number of rotatable bonds is 2. The summed E-state index contributed by atoms with van der Waals surface area (Å²) in [6.45, 7) is 1.58. The Balaban J connectivity index is 1.71. The van der Waals surface area contributed by atoms with E-state index < -0.39 is 0 Å². The number of fused-ring (bicyclic) bond motifs is 1. The molecule has 0 fully saturated rings. The van der Waals surface area contributed by atoms with Crippen LogP contribution in [0, 0.1) is 0 Å². The number of hydrogen-bond acceptors (Lipinski definition) is 5. The van der Waals surface area contributed by atoms with Gasteiger partial charge in [0.25, 0.3) is 0 Å². The number of nitrogens with one attached hydrogen (secondary N) is 1. The van der Waals surface area contributed by atoms with Crippen LogP contribution >= 0.6 is 22.7 Å². The molecule has 5 heteroatoms. The van der Waals surface area contributed by atoms with Gasteiger partial charge in [-0.15, -0.1) is 22.7 Å². The third-order valence-electron chi connectivity index (χ3n) is 3.18. The molecule has 0 aliphatic carbocycles. The summed E-state index contributed by atoms with van der Waals surface area (Å²) >= 11 is 3.40. The van der Waals surface area contributed by atoms with Crippen LogP contribution in [0.3, 0.4) is 0 Å². The molecular weight excluding hydrogens is 288 g/mol. The second kappa shape index (κ2) is 4.92. The summed E-state index contributed by atoms with van der Waals surface area (Å²) in [7, 11) is 0. The van der Waals surface area contributed by atoms with Crippen LogP contribution in [0.1, 0.15) is 0 Å². The van der Waals surface area contributed by atoms with Crippen molar-refractivity contribution in [1.29, 1.82) is 0 Å². The Morgan fingerprint density at radius 1 is 1.20 bits per heavy atom. The van der Waals surface area contributed by atoms with E-state index in [1.165, 1.54) is 4.88 Å². The fraction of sp³-hybridized carbons (Fsp3) is 0.133. The monoisotopic (exact) mass is 300 g/mol. The van der Waals surface area contributed by atoms with Gasteiger partial charge >= 0.3 is 0 Å². The van der Waals surface area contributed by atoms with Crippen LogP contribution in [-0.2, 0) is 0 Å². The molecule has 0 amide bonds. The number of anilines is 1. The molecule has 0 saturated carbocycles. The average molecular weight is 300 g/mol. The minimum atomic E-state index is 0.728. The second-order valence-electron chi connectivity index (χ2n) is 4.50. The van der Waals surface area contributed by atoms with Crippen molar-refractivity contribution in [2.45, 2.75) is 0 Å². The first-order valence-electron chi connectivity index (χ1n) is 6.41. The van der Waals surface area contributed by atoms with Gasteiger partial charge < -0.3 is 10.1 Å². The Bertz CT molecular complexity index is 734. The van der Waals surface area contributed by atoms with Gasteiger partial charge in [-0.25, -0.2) is 4.98 Å². The van der Waals surface area contributed by atoms with Gasteiger partial charge in [-0.2, -0.15) is 0 Å². The number of aromatic nitrogens is 1. The predicted octanol–water partition coefficient (Wildman–Crippen LogP) is 4.34. The molecule has 1 aliphatic heterocycles. The smallest absolute Gasteiger partial charge is 0.142 e. The summed E-state index contributed by atoms with van der Waals surface area (Å²) in [6, 6.07) is 10.4. The van der Waals surface area contributed by atoms with E-state index in [1.54, 1.807) is 22.7 Å². The van der Waals surface area contributed by atoms with E-state index in [2.05, 4.69) is 40.3 Å². The molecule has 4 rings (SSSR count). The van der Waals surface area contributed by atoms with Crippen molar-refractivity contribution in [2.75, 3.05) is 18.5 Å². The van der Waals surface area contributed by atoms with Crippen molar-refractivity contribution in [3.05, 3.63) is 41.1 Å². The zero-order valence-electron chi connectivity index (χ0n) is 10.6. The summed E-state index contributed by atoms with van der Waals surface area (Å²) in [4.78, 5) is 5.95. The molecule has 0 radical (unpaired) electrons. The van der Waals surface area contributed by atoms with E-state index >= 15 is 0 Å². The zero-order valence-corrected chi connectivity index (χ0v) is 12.3. The molecule has 0 spiro atoms. The van der Waals surface area contributed by atoms with E-state index in [9.17, 15) is 0 Å². The van der Waals surface area contributed by atoms with Gasteiger partial charge in [0.2, 0.25) is 0 Å². The molecule has 3 aromatic rings. The topological polar surface area (TPSA) is 34.1 Å². The number of ether oxygens (including phenoxy) is 1. The first-order chi connectivity index (χ1) is 9.90. The lowest BCUT2D eigenvalue weighted by Crippen LogP contribution is -2.17. The van der Waals surface area contributed by atoms with E-state index in [4.69, 9.17) is 9.72 Å². The van der Waals surface area contributed by atoms with E-state index in [-0.39, 0.29) is 0 Å². The van der Waals surface area contributed by atoms with Crippen molar-refractivity contribution in [1.82, 2.24) is 4.98 Å². The summed E-state index contributed by atoms with van der Waals surface area (Å²) in [6.07, 6.45) is 0. The van der Waals surface area contributed by atoms with Gasteiger partial charge in [0, 0.05) is 17.5 Å². The molecule has 0 saturated heterocycles. The summed E-state index contributed by atoms with van der Waals surface area (Å²) in [5.41, 5.74) is 3.25. The summed E-state index contributed by atoms with van der Waals surface area (Å²) < 4.78 is 5.60. The van der Waals surface area contributed by atoms with Gasteiger partial charge in [-0.05, 0) is 29.6 Å². The Labute approximate surface area is 124 Å². The predicted molar refractivity (Wildman–Crippen MR) is 84.8 cm³/mol. The Kier molecular flexibility index (Phi) is 2.94. The van der Waals surface area contributed by atoms with Crippen molar-refractivity contribution in [2.24, 2.45) is 0 Å². The van der Waals surface area contributed by atoms with Crippen molar-refractivity contribution in [3.63, 3.8) is 0 Å². The molecule has 1 aromatic carbocycles. The number of thiophene rings is 1. The normalized spacial score (nSPS) is 13.4. The largest absolute Gasteiger partial charge is 0.490 e. The molecule has 1 aliphatic rings. The second-order valence-corrected chi connectivity index (χ2v) is 6.31. The summed E-state index contributed by atoms with van der Waals surface area (Å²) in [5, 5.41) is 8.60. The molecule has 0 unspecified atom stereocenters. The maximum Gasteiger partial charge on any atom is 0.142 e. The van der Waals surface area contributed by atoms with Crippen LogP contribution < -0.4 is 10.1 Å². The van der Waals surface area contributed by atoms with Gasteiger partial charge in [0.05, 0.1) is 16.3 Å². The van der Waals surface area contributed by atoms with Crippen LogP contribution in [0.5, 0.6) is 5.75 Å². The third kappa shape index (κ3) is 2.09. The molecule has 100 valence electrons. The van der Waals surface area contributed by atoms with E-state index in [0.717, 1.165) is 40.9 Å². The minimum Gasteiger partial charge on any atom is -0.490 e. The Morgan fingerprint density at radius 2 is 2.20 bits per heavy atom. The highest BCUT2D eigenvalue weighted by molar-refractivity contribution is 7.15. The lowest BCUT2D eigenvalue weighted by Gasteiger charge is -2.19. The minimum absolute atomic E-state index is 0.728. The van der Waals surface area contributed by atoms with Gasteiger partial charge in [-0.3, -0.25) is 0 Å². The number of benzene rings is 1. The van der Waals surface area contributed by atoms with Crippen molar-refractivity contribution >= 4 is 28.4 Å². The lowest BCUT2D eigenvalue weighted by atomic mass is 10.2. The highest BCUT2D eigenvalue weighted by Crippen LogP contribution is 2.35. The van der Waals surface area contributed by atoms with Crippen LogP contribution in [0.4, 0.5) is 5.69 Å². The quantitative estimate of drug-likeness (QED) is 0.764. The highest BCUT2D eigenvalue weighted by atomic mass is 32.1. The van der Waals surface area contributed by atoms with Crippen molar-refractivity contribution in [3.8, 4) is 26.9 Å². The number of thiazole rings is 1. The lowest BCUT2D eigenvalue weighted by molar-refractivity contribution is 0.323. The Morgan fingerprint density at radius 3 is 3.10 bits per heavy atom. The first-order valence-corrected chi connectivity index (χ1v) is 8.16. The van der Waals surface area contributed by atoms with Crippen LogP contribution in [0.15, 0.2) is 41.1 Å².